The second kappa shape index (κ2) is 9.84. The molecule has 3 aromatic heterocycles. The van der Waals surface area contributed by atoms with Crippen LogP contribution in [-0.4, -0.2) is 40.3 Å². The highest BCUT2D eigenvalue weighted by molar-refractivity contribution is 7.18. The molecule has 158 valence electrons. The fourth-order valence-corrected chi connectivity index (χ4v) is 5.03. The largest absolute Gasteiger partial charge is 0.347 e. The maximum atomic E-state index is 12.7. The number of anilines is 1. The van der Waals surface area contributed by atoms with E-state index in [1.54, 1.807) is 30.6 Å². The molecule has 4 heterocycles. The van der Waals surface area contributed by atoms with Gasteiger partial charge in [-0.05, 0) is 30.8 Å². The Kier molecular flexibility index (Phi) is 7.43. The number of nitrogens with one attached hydrogen (secondary N) is 2. The lowest BCUT2D eigenvalue weighted by Crippen LogP contribution is -2.25. The molecule has 0 saturated carbocycles. The van der Waals surface area contributed by atoms with Crippen molar-refractivity contribution in [2.75, 3.05) is 18.9 Å². The summed E-state index contributed by atoms with van der Waals surface area (Å²) in [6.07, 6.45) is 4.05. The van der Waals surface area contributed by atoms with Crippen LogP contribution in [0.4, 0.5) is 5.69 Å². The first kappa shape index (κ1) is 22.6. The summed E-state index contributed by atoms with van der Waals surface area (Å²) in [5, 5.41) is 6.16. The van der Waals surface area contributed by atoms with Gasteiger partial charge in [0.15, 0.2) is 5.01 Å². The van der Waals surface area contributed by atoms with Crippen molar-refractivity contribution in [1.82, 2.24) is 20.2 Å². The predicted octanol–water partition coefficient (Wildman–Crippen LogP) is 3.85. The summed E-state index contributed by atoms with van der Waals surface area (Å²) in [6.45, 7) is 2.02. The summed E-state index contributed by atoms with van der Waals surface area (Å²) in [6, 6.07) is 5.13. The average Bonchev–Trinajstić information content (AvgIpc) is 3.33. The first-order valence-electron chi connectivity index (χ1n) is 8.94. The number of halogens is 2. The van der Waals surface area contributed by atoms with Crippen molar-refractivity contribution in [3.05, 3.63) is 60.9 Å². The van der Waals surface area contributed by atoms with E-state index in [9.17, 15) is 9.59 Å². The minimum atomic E-state index is -0.266. The van der Waals surface area contributed by atoms with Crippen LogP contribution in [0.3, 0.4) is 0 Å². The van der Waals surface area contributed by atoms with Gasteiger partial charge in [-0.3, -0.25) is 14.6 Å². The van der Waals surface area contributed by atoms with Gasteiger partial charge in [0, 0.05) is 37.1 Å². The van der Waals surface area contributed by atoms with Crippen molar-refractivity contribution in [3.8, 4) is 0 Å². The van der Waals surface area contributed by atoms with Crippen LogP contribution in [-0.2, 0) is 19.5 Å². The van der Waals surface area contributed by atoms with Gasteiger partial charge in [-0.2, -0.15) is 0 Å². The Bertz CT molecular complexity index is 1070. The maximum absolute atomic E-state index is 12.7. The summed E-state index contributed by atoms with van der Waals surface area (Å²) in [5.74, 6) is -0.481. The van der Waals surface area contributed by atoms with Crippen LogP contribution in [0.5, 0.6) is 0 Å². The number of carbonyl (C=O) groups is 2. The maximum Gasteiger partial charge on any atom is 0.284 e. The lowest BCUT2D eigenvalue weighted by Gasteiger charge is -2.20. The second-order valence-corrected chi connectivity index (χ2v) is 9.45. The number of likely N-dealkylation sites (N-methyl/N-ethyl adjacent to an activating group) is 1. The Balaban J connectivity index is 0.00000256. The van der Waals surface area contributed by atoms with Crippen LogP contribution < -0.4 is 10.6 Å². The molecule has 0 aromatic carbocycles. The highest BCUT2D eigenvalue weighted by Crippen LogP contribution is 2.26. The molecule has 0 fully saturated rings. The number of amides is 2. The normalized spacial score (nSPS) is 13.3. The topological polar surface area (TPSA) is 87.2 Å². The van der Waals surface area contributed by atoms with Crippen molar-refractivity contribution in [2.24, 2.45) is 0 Å². The molecule has 1 aliphatic heterocycles. The Morgan fingerprint density at radius 2 is 2.07 bits per heavy atom. The summed E-state index contributed by atoms with van der Waals surface area (Å²) < 4.78 is 0.560. The SMILES string of the molecule is CN1CCc2nc(C(=O)Nc3cnccc3CNC(=O)c3ccc(Cl)s3)sc2C1.Cl. The van der Waals surface area contributed by atoms with E-state index < -0.39 is 0 Å². The minimum Gasteiger partial charge on any atom is -0.347 e. The van der Waals surface area contributed by atoms with Crippen molar-refractivity contribution in [3.63, 3.8) is 0 Å². The van der Waals surface area contributed by atoms with Gasteiger partial charge in [-0.25, -0.2) is 4.98 Å². The van der Waals surface area contributed by atoms with Crippen LogP contribution in [0.1, 0.15) is 35.6 Å². The number of aromatic nitrogens is 2. The molecule has 0 radical (unpaired) electrons. The van der Waals surface area contributed by atoms with Crippen LogP contribution >= 0.6 is 46.7 Å². The van der Waals surface area contributed by atoms with Crippen molar-refractivity contribution in [1.29, 1.82) is 0 Å². The second-order valence-electron chi connectivity index (χ2n) is 6.65. The van der Waals surface area contributed by atoms with E-state index in [1.807, 2.05) is 0 Å². The zero-order chi connectivity index (χ0) is 20.4. The standard InChI is InChI=1S/C19H18ClN5O2S2.ClH/c1-25-7-5-12-15(10-25)29-19(24-12)18(27)23-13-9-21-6-4-11(13)8-22-17(26)14-2-3-16(20)28-14;/h2-4,6,9H,5,7-8,10H2,1H3,(H,22,26)(H,23,27);1H. The number of hydrogen-bond donors (Lipinski definition) is 2. The van der Waals surface area contributed by atoms with Crippen molar-refractivity contribution < 1.29 is 9.59 Å². The van der Waals surface area contributed by atoms with Gasteiger partial charge in [0.1, 0.15) is 0 Å². The van der Waals surface area contributed by atoms with Crippen LogP contribution in [0.15, 0.2) is 30.6 Å². The highest BCUT2D eigenvalue weighted by atomic mass is 35.5. The molecule has 1 aliphatic rings. The van der Waals surface area contributed by atoms with E-state index in [2.05, 4.69) is 32.5 Å². The zero-order valence-electron chi connectivity index (χ0n) is 16.0. The molecule has 30 heavy (non-hydrogen) atoms. The van der Waals surface area contributed by atoms with Gasteiger partial charge < -0.3 is 15.5 Å². The number of hydrogen-bond acceptors (Lipinski definition) is 7. The van der Waals surface area contributed by atoms with E-state index in [4.69, 9.17) is 11.6 Å². The number of thiophene rings is 1. The van der Waals surface area contributed by atoms with Gasteiger partial charge in [0.2, 0.25) is 0 Å². The number of thiazole rings is 1. The van der Waals surface area contributed by atoms with Crippen LogP contribution in [0, 0.1) is 0 Å². The fourth-order valence-electron chi connectivity index (χ4n) is 2.98. The molecular weight excluding hydrogens is 465 g/mol. The number of fused-ring (bicyclic) bond motifs is 1. The van der Waals surface area contributed by atoms with E-state index >= 15 is 0 Å². The summed E-state index contributed by atoms with van der Waals surface area (Å²) in [5.41, 5.74) is 2.31. The monoisotopic (exact) mass is 483 g/mol. The molecule has 0 atom stereocenters. The molecule has 11 heteroatoms. The molecule has 7 nitrogen and oxygen atoms in total. The lowest BCUT2D eigenvalue weighted by molar-refractivity contribution is 0.0954. The van der Waals surface area contributed by atoms with Crippen molar-refractivity contribution in [2.45, 2.75) is 19.5 Å². The summed E-state index contributed by atoms with van der Waals surface area (Å²) >= 11 is 8.52. The van der Waals surface area contributed by atoms with Crippen LogP contribution in [0.2, 0.25) is 4.34 Å². The molecular formula is C19H19Cl2N5O2S2. The third-order valence-corrected chi connectivity index (χ3v) is 6.82. The summed E-state index contributed by atoms with van der Waals surface area (Å²) in [4.78, 5) is 37.5. The average molecular weight is 484 g/mol. The van der Waals surface area contributed by atoms with Gasteiger partial charge in [0.25, 0.3) is 11.8 Å². The van der Waals surface area contributed by atoms with E-state index in [1.165, 1.54) is 22.7 Å². The molecule has 0 spiro atoms. The zero-order valence-corrected chi connectivity index (χ0v) is 19.2. The Morgan fingerprint density at radius 3 is 2.83 bits per heavy atom. The van der Waals surface area contributed by atoms with Gasteiger partial charge in [-0.15, -0.1) is 35.1 Å². The molecule has 0 unspecified atom stereocenters. The quantitative estimate of drug-likeness (QED) is 0.575. The Hall–Kier alpha value is -2.04. The molecule has 3 aromatic rings. The third kappa shape index (κ3) is 5.16. The minimum absolute atomic E-state index is 0. The number of rotatable bonds is 5. The molecule has 2 N–H and O–H groups in total. The van der Waals surface area contributed by atoms with E-state index in [0.717, 1.165) is 35.6 Å². The number of nitrogens with zero attached hydrogens (tertiary/aromatic N) is 3. The Morgan fingerprint density at radius 1 is 1.23 bits per heavy atom. The van der Waals surface area contributed by atoms with Gasteiger partial charge in [0.05, 0.1) is 26.8 Å². The smallest absolute Gasteiger partial charge is 0.284 e. The molecule has 4 rings (SSSR count). The van der Waals surface area contributed by atoms with E-state index in [-0.39, 0.29) is 30.8 Å². The summed E-state index contributed by atoms with van der Waals surface area (Å²) in [7, 11) is 2.06. The number of carbonyl (C=O) groups excluding carboxylic acids is 2. The Labute approximate surface area is 192 Å². The first-order chi connectivity index (χ1) is 14.0. The van der Waals surface area contributed by atoms with Crippen LogP contribution in [0.25, 0.3) is 0 Å². The lowest BCUT2D eigenvalue weighted by atomic mass is 10.2. The highest BCUT2D eigenvalue weighted by Gasteiger charge is 2.22. The van der Waals surface area contributed by atoms with Crippen molar-refractivity contribution >= 4 is 64.2 Å². The molecule has 2 amide bonds. The predicted molar refractivity (Wildman–Crippen MR) is 122 cm³/mol. The van der Waals surface area contributed by atoms with Gasteiger partial charge >= 0.3 is 0 Å². The molecule has 0 saturated heterocycles. The molecule has 0 aliphatic carbocycles. The molecule has 0 bridgehead atoms. The third-order valence-electron chi connectivity index (χ3n) is 4.51. The fraction of sp³-hybridized carbons (Fsp3) is 0.263. The first-order valence-corrected chi connectivity index (χ1v) is 11.0. The number of pyridine rings is 1. The van der Waals surface area contributed by atoms with E-state index in [0.29, 0.717) is 19.9 Å². The van der Waals surface area contributed by atoms with Gasteiger partial charge in [-0.1, -0.05) is 11.6 Å².